The van der Waals surface area contributed by atoms with Gasteiger partial charge < -0.3 is 4.90 Å². The molecule has 1 aliphatic heterocycles. The van der Waals surface area contributed by atoms with Crippen LogP contribution in [0.3, 0.4) is 0 Å². The summed E-state index contributed by atoms with van der Waals surface area (Å²) in [5.41, 5.74) is 2.67. The zero-order chi connectivity index (χ0) is 14.7. The summed E-state index contributed by atoms with van der Waals surface area (Å²) in [5.74, 6) is 0.762. The topological polar surface area (TPSA) is 23.6 Å². The average molecular weight is 274 g/mol. The minimum absolute atomic E-state index is 0.290. The van der Waals surface area contributed by atoms with E-state index in [-0.39, 0.29) is 5.91 Å². The highest BCUT2D eigenvalue weighted by molar-refractivity contribution is 5.79. The minimum Gasteiger partial charge on any atom is -0.327 e. The lowest BCUT2D eigenvalue weighted by molar-refractivity contribution is -0.130. The molecular weight excluding hydrogens is 248 g/mol. The number of carbonyl (C=O) groups excluding carboxylic acids is 1. The third-order valence-electron chi connectivity index (χ3n) is 4.41. The van der Waals surface area contributed by atoms with Crippen molar-refractivity contribution in [1.82, 2.24) is 9.80 Å². The zero-order valence-electron chi connectivity index (χ0n) is 13.1. The predicted molar refractivity (Wildman–Crippen MR) is 82.2 cm³/mol. The maximum Gasteiger partial charge on any atom is 0.224 e. The predicted octanol–water partition coefficient (Wildman–Crippen LogP) is 2.90. The van der Waals surface area contributed by atoms with E-state index in [1.54, 1.807) is 0 Å². The van der Waals surface area contributed by atoms with Gasteiger partial charge in [-0.2, -0.15) is 0 Å². The molecule has 3 nitrogen and oxygen atoms in total. The Morgan fingerprint density at radius 1 is 1.20 bits per heavy atom. The second-order valence-corrected chi connectivity index (χ2v) is 6.11. The average Bonchev–Trinajstić information content (AvgIpc) is 2.66. The highest BCUT2D eigenvalue weighted by atomic mass is 16.2. The zero-order valence-corrected chi connectivity index (χ0v) is 13.1. The molecule has 1 fully saturated rings. The first-order valence-corrected chi connectivity index (χ1v) is 7.57. The molecule has 1 aromatic rings. The molecule has 1 aliphatic rings. The third-order valence-corrected chi connectivity index (χ3v) is 4.41. The molecule has 3 heteroatoms. The number of benzene rings is 1. The van der Waals surface area contributed by atoms with Crippen molar-refractivity contribution in [3.63, 3.8) is 0 Å². The van der Waals surface area contributed by atoms with Gasteiger partial charge in [-0.05, 0) is 37.4 Å². The summed E-state index contributed by atoms with van der Waals surface area (Å²) in [7, 11) is 2.08. The molecule has 0 saturated carbocycles. The van der Waals surface area contributed by atoms with Crippen LogP contribution in [0.4, 0.5) is 0 Å². The molecule has 1 amide bonds. The Bertz CT molecular complexity index is 455. The number of nitrogens with zero attached hydrogens (tertiary/aromatic N) is 2. The molecule has 110 valence electrons. The molecule has 1 aromatic carbocycles. The van der Waals surface area contributed by atoms with Crippen molar-refractivity contribution < 1.29 is 4.79 Å². The van der Waals surface area contributed by atoms with Crippen molar-refractivity contribution in [2.24, 2.45) is 5.92 Å². The van der Waals surface area contributed by atoms with E-state index in [1.165, 1.54) is 11.1 Å². The van der Waals surface area contributed by atoms with Gasteiger partial charge in [0.05, 0.1) is 6.67 Å². The van der Waals surface area contributed by atoms with Gasteiger partial charge in [0.2, 0.25) is 5.91 Å². The molecule has 0 N–H and O–H groups in total. The molecule has 0 aliphatic carbocycles. The fourth-order valence-electron chi connectivity index (χ4n) is 2.81. The van der Waals surface area contributed by atoms with Crippen molar-refractivity contribution in [2.75, 3.05) is 13.7 Å². The summed E-state index contributed by atoms with van der Waals surface area (Å²) in [6.45, 7) is 8.09. The van der Waals surface area contributed by atoms with Crippen LogP contribution in [0.5, 0.6) is 0 Å². The van der Waals surface area contributed by atoms with Crippen molar-refractivity contribution in [3.8, 4) is 0 Å². The van der Waals surface area contributed by atoms with Crippen LogP contribution in [0, 0.1) is 5.92 Å². The fourth-order valence-corrected chi connectivity index (χ4v) is 2.81. The number of aryl methyl sites for hydroxylation is 1. The van der Waals surface area contributed by atoms with Gasteiger partial charge in [-0.1, -0.05) is 38.1 Å². The monoisotopic (exact) mass is 274 g/mol. The van der Waals surface area contributed by atoms with Gasteiger partial charge in [-0.3, -0.25) is 9.69 Å². The van der Waals surface area contributed by atoms with Gasteiger partial charge in [0.15, 0.2) is 0 Å². The van der Waals surface area contributed by atoms with Gasteiger partial charge in [0.25, 0.3) is 0 Å². The maximum atomic E-state index is 12.0. The van der Waals surface area contributed by atoms with E-state index in [0.717, 1.165) is 19.6 Å². The number of amides is 1. The van der Waals surface area contributed by atoms with Crippen LogP contribution in [-0.4, -0.2) is 35.5 Å². The van der Waals surface area contributed by atoms with E-state index in [1.807, 2.05) is 4.90 Å². The molecule has 2 atom stereocenters. The Morgan fingerprint density at radius 2 is 1.80 bits per heavy atom. The van der Waals surface area contributed by atoms with Crippen LogP contribution >= 0.6 is 0 Å². The quantitative estimate of drug-likeness (QED) is 0.824. The number of rotatable bonds is 5. The maximum absolute atomic E-state index is 12.0. The van der Waals surface area contributed by atoms with E-state index in [4.69, 9.17) is 0 Å². The smallest absolute Gasteiger partial charge is 0.224 e. The molecule has 0 bridgehead atoms. The van der Waals surface area contributed by atoms with Crippen molar-refractivity contribution in [1.29, 1.82) is 0 Å². The SMILES string of the molecule is CCc1ccc(CN(C)CN2C(=O)CC(C)C2C)cc1. The second-order valence-electron chi connectivity index (χ2n) is 6.11. The van der Waals surface area contributed by atoms with Gasteiger partial charge in [-0.15, -0.1) is 0 Å². The van der Waals surface area contributed by atoms with Crippen LogP contribution in [0.25, 0.3) is 0 Å². The highest BCUT2D eigenvalue weighted by Gasteiger charge is 2.34. The van der Waals surface area contributed by atoms with Crippen LogP contribution in [0.15, 0.2) is 24.3 Å². The van der Waals surface area contributed by atoms with E-state index in [0.29, 0.717) is 18.4 Å². The molecule has 0 radical (unpaired) electrons. The molecular formula is C17H26N2O. The largest absolute Gasteiger partial charge is 0.327 e. The summed E-state index contributed by atoms with van der Waals surface area (Å²) in [6.07, 6.45) is 1.77. The lowest BCUT2D eigenvalue weighted by Crippen LogP contribution is -2.40. The molecule has 0 spiro atoms. The molecule has 1 saturated heterocycles. The van der Waals surface area contributed by atoms with Crippen molar-refractivity contribution in [3.05, 3.63) is 35.4 Å². The summed E-state index contributed by atoms with van der Waals surface area (Å²) in [5, 5.41) is 0. The van der Waals surface area contributed by atoms with E-state index < -0.39 is 0 Å². The Hall–Kier alpha value is -1.35. The van der Waals surface area contributed by atoms with Crippen LogP contribution < -0.4 is 0 Å². The summed E-state index contributed by atoms with van der Waals surface area (Å²) in [6, 6.07) is 9.11. The first-order chi connectivity index (χ1) is 9.51. The van der Waals surface area contributed by atoms with Gasteiger partial charge in [0, 0.05) is 19.0 Å². The molecule has 2 unspecified atom stereocenters. The highest BCUT2D eigenvalue weighted by Crippen LogP contribution is 2.24. The lowest BCUT2D eigenvalue weighted by atomic mass is 10.1. The first-order valence-electron chi connectivity index (χ1n) is 7.57. The number of carbonyl (C=O) groups is 1. The summed E-state index contributed by atoms with van der Waals surface area (Å²) < 4.78 is 0. The second kappa shape index (κ2) is 6.40. The minimum atomic E-state index is 0.290. The molecule has 0 aromatic heterocycles. The Kier molecular flexibility index (Phi) is 4.81. The Balaban J connectivity index is 1.91. The van der Waals surface area contributed by atoms with E-state index in [2.05, 4.69) is 57.0 Å². The standard InChI is InChI=1S/C17H26N2O/c1-5-15-6-8-16(9-7-15)11-18(4)12-19-14(3)13(2)10-17(19)20/h6-9,13-14H,5,10-12H2,1-4H3. The molecule has 20 heavy (non-hydrogen) atoms. The summed E-state index contributed by atoms with van der Waals surface area (Å²) >= 11 is 0. The third kappa shape index (κ3) is 3.40. The van der Waals surface area contributed by atoms with Gasteiger partial charge >= 0.3 is 0 Å². The fraction of sp³-hybridized carbons (Fsp3) is 0.588. The van der Waals surface area contributed by atoms with Gasteiger partial charge in [0.1, 0.15) is 0 Å². The summed E-state index contributed by atoms with van der Waals surface area (Å²) in [4.78, 5) is 16.2. The first kappa shape index (κ1) is 15.0. The normalized spacial score (nSPS) is 22.9. The van der Waals surface area contributed by atoms with E-state index in [9.17, 15) is 4.79 Å². The van der Waals surface area contributed by atoms with Crippen LogP contribution in [0.2, 0.25) is 0 Å². The Labute approximate surface area is 122 Å². The van der Waals surface area contributed by atoms with Crippen molar-refractivity contribution >= 4 is 5.91 Å². The molecule has 2 rings (SSSR count). The lowest BCUT2D eigenvalue weighted by Gasteiger charge is -2.29. The number of likely N-dealkylation sites (tertiary alicyclic amines) is 1. The van der Waals surface area contributed by atoms with Crippen LogP contribution in [0.1, 0.15) is 38.3 Å². The van der Waals surface area contributed by atoms with E-state index >= 15 is 0 Å². The molecule has 1 heterocycles. The van der Waals surface area contributed by atoms with Gasteiger partial charge in [-0.25, -0.2) is 0 Å². The van der Waals surface area contributed by atoms with Crippen molar-refractivity contribution in [2.45, 2.75) is 46.2 Å². The number of hydrogen-bond donors (Lipinski definition) is 0. The van der Waals surface area contributed by atoms with Crippen LogP contribution in [-0.2, 0) is 17.8 Å². The Morgan fingerprint density at radius 3 is 2.30 bits per heavy atom. The number of hydrogen-bond acceptors (Lipinski definition) is 2.